The number of esters is 1. The standard InChI is InChI=1S/C18H24O3/c1-4-9-16(5-2)14(3)17(19)12-18(20)21-13-15-10-7-6-8-11-15/h5-8,10-11,14,16H,2,4,9,12-13H2,1,3H3. The Morgan fingerprint density at radius 2 is 1.95 bits per heavy atom. The lowest BCUT2D eigenvalue weighted by molar-refractivity contribution is -0.148. The smallest absolute Gasteiger partial charge is 0.313 e. The molecule has 114 valence electrons. The number of hydrogen-bond acceptors (Lipinski definition) is 3. The van der Waals surface area contributed by atoms with E-state index in [9.17, 15) is 9.59 Å². The van der Waals surface area contributed by atoms with Crippen LogP contribution in [0.2, 0.25) is 0 Å². The summed E-state index contributed by atoms with van der Waals surface area (Å²) in [6.45, 7) is 7.91. The van der Waals surface area contributed by atoms with Crippen molar-refractivity contribution in [2.75, 3.05) is 0 Å². The minimum absolute atomic E-state index is 0.0774. The van der Waals surface area contributed by atoms with Crippen molar-refractivity contribution in [2.24, 2.45) is 11.8 Å². The molecule has 1 aromatic rings. The third-order valence-corrected chi connectivity index (χ3v) is 3.64. The van der Waals surface area contributed by atoms with Gasteiger partial charge in [0.2, 0.25) is 0 Å². The number of hydrogen-bond donors (Lipinski definition) is 0. The normalized spacial score (nSPS) is 13.2. The van der Waals surface area contributed by atoms with Crippen LogP contribution in [0.15, 0.2) is 43.0 Å². The number of allylic oxidation sites excluding steroid dienone is 1. The third-order valence-electron chi connectivity index (χ3n) is 3.64. The van der Waals surface area contributed by atoms with Gasteiger partial charge >= 0.3 is 5.97 Å². The van der Waals surface area contributed by atoms with Gasteiger partial charge < -0.3 is 4.74 Å². The molecule has 0 aromatic heterocycles. The summed E-state index contributed by atoms with van der Waals surface area (Å²) in [5, 5.41) is 0. The van der Waals surface area contributed by atoms with Gasteiger partial charge in [0.25, 0.3) is 0 Å². The van der Waals surface area contributed by atoms with Crippen LogP contribution in [0.3, 0.4) is 0 Å². The molecule has 2 unspecified atom stereocenters. The van der Waals surface area contributed by atoms with E-state index in [1.54, 1.807) is 6.08 Å². The van der Waals surface area contributed by atoms with Gasteiger partial charge in [-0.15, -0.1) is 6.58 Å². The predicted molar refractivity (Wildman–Crippen MR) is 83.6 cm³/mol. The van der Waals surface area contributed by atoms with Gasteiger partial charge in [-0.05, 0) is 17.9 Å². The highest BCUT2D eigenvalue weighted by Gasteiger charge is 2.23. The Morgan fingerprint density at radius 3 is 2.52 bits per heavy atom. The highest BCUT2D eigenvalue weighted by atomic mass is 16.5. The van der Waals surface area contributed by atoms with E-state index in [-0.39, 0.29) is 30.6 Å². The van der Waals surface area contributed by atoms with Gasteiger partial charge in [0, 0.05) is 5.92 Å². The van der Waals surface area contributed by atoms with Crippen LogP contribution >= 0.6 is 0 Å². The Morgan fingerprint density at radius 1 is 1.29 bits per heavy atom. The van der Waals surface area contributed by atoms with Crippen molar-refractivity contribution < 1.29 is 14.3 Å². The molecule has 0 fully saturated rings. The molecule has 3 nitrogen and oxygen atoms in total. The van der Waals surface area contributed by atoms with Crippen LogP contribution in [0.4, 0.5) is 0 Å². The van der Waals surface area contributed by atoms with Gasteiger partial charge in [-0.1, -0.05) is 56.7 Å². The van der Waals surface area contributed by atoms with E-state index in [2.05, 4.69) is 13.5 Å². The summed E-state index contributed by atoms with van der Waals surface area (Å²) in [5.41, 5.74) is 0.918. The Labute approximate surface area is 127 Å². The highest BCUT2D eigenvalue weighted by molar-refractivity contribution is 5.96. The second-order valence-electron chi connectivity index (χ2n) is 5.27. The number of ether oxygens (including phenoxy) is 1. The van der Waals surface area contributed by atoms with Gasteiger partial charge in [-0.3, -0.25) is 9.59 Å². The number of rotatable bonds is 9. The second-order valence-corrected chi connectivity index (χ2v) is 5.27. The first-order chi connectivity index (χ1) is 10.1. The van der Waals surface area contributed by atoms with Crippen LogP contribution in [-0.2, 0) is 20.9 Å². The lowest BCUT2D eigenvalue weighted by Crippen LogP contribution is -2.23. The SMILES string of the molecule is C=CC(CCC)C(C)C(=O)CC(=O)OCc1ccccc1. The molecular formula is C18H24O3. The Kier molecular flexibility index (Phi) is 7.44. The number of Topliss-reactive ketones (excluding diaryl/α,β-unsaturated/α-hetero) is 1. The summed E-state index contributed by atoms with van der Waals surface area (Å²) in [5.74, 6) is -0.599. The molecule has 3 heteroatoms. The van der Waals surface area contributed by atoms with Crippen LogP contribution in [0.1, 0.15) is 38.7 Å². The van der Waals surface area contributed by atoms with Crippen LogP contribution < -0.4 is 0 Å². The number of carbonyl (C=O) groups excluding carboxylic acids is 2. The Hall–Kier alpha value is -1.90. The molecule has 1 rings (SSSR count). The zero-order valence-corrected chi connectivity index (χ0v) is 12.9. The number of ketones is 1. The molecule has 0 saturated carbocycles. The van der Waals surface area contributed by atoms with E-state index in [1.807, 2.05) is 37.3 Å². The summed E-state index contributed by atoms with van der Waals surface area (Å²) in [6.07, 6.45) is 3.55. The summed E-state index contributed by atoms with van der Waals surface area (Å²) >= 11 is 0. The fourth-order valence-electron chi connectivity index (χ4n) is 2.24. The molecule has 0 radical (unpaired) electrons. The van der Waals surface area contributed by atoms with Crippen molar-refractivity contribution in [3.05, 3.63) is 48.6 Å². The maximum atomic E-state index is 12.1. The fraction of sp³-hybridized carbons (Fsp3) is 0.444. The van der Waals surface area contributed by atoms with Crippen molar-refractivity contribution in [3.63, 3.8) is 0 Å². The first-order valence-corrected chi connectivity index (χ1v) is 7.43. The zero-order valence-electron chi connectivity index (χ0n) is 12.9. The first kappa shape index (κ1) is 17.2. The van der Waals surface area contributed by atoms with E-state index in [1.165, 1.54) is 0 Å². The van der Waals surface area contributed by atoms with Crippen molar-refractivity contribution in [1.29, 1.82) is 0 Å². The monoisotopic (exact) mass is 288 g/mol. The van der Waals surface area contributed by atoms with Gasteiger partial charge in [0.15, 0.2) is 0 Å². The quantitative estimate of drug-likeness (QED) is 0.393. The molecule has 0 spiro atoms. The number of benzene rings is 1. The fourth-order valence-corrected chi connectivity index (χ4v) is 2.24. The molecule has 1 aromatic carbocycles. The van der Waals surface area contributed by atoms with Crippen molar-refractivity contribution in [2.45, 2.75) is 39.7 Å². The minimum Gasteiger partial charge on any atom is -0.460 e. The molecule has 21 heavy (non-hydrogen) atoms. The van der Waals surface area contributed by atoms with E-state index in [4.69, 9.17) is 4.74 Å². The molecule has 0 aliphatic carbocycles. The summed E-state index contributed by atoms with van der Waals surface area (Å²) in [4.78, 5) is 23.8. The highest BCUT2D eigenvalue weighted by Crippen LogP contribution is 2.21. The average Bonchev–Trinajstić information content (AvgIpc) is 2.51. The van der Waals surface area contributed by atoms with Crippen molar-refractivity contribution in [3.8, 4) is 0 Å². The average molecular weight is 288 g/mol. The summed E-state index contributed by atoms with van der Waals surface area (Å²) in [7, 11) is 0. The van der Waals surface area contributed by atoms with Gasteiger partial charge in [-0.2, -0.15) is 0 Å². The topological polar surface area (TPSA) is 43.4 Å². The molecule has 0 saturated heterocycles. The lowest BCUT2D eigenvalue weighted by atomic mass is 9.86. The van der Waals surface area contributed by atoms with Crippen LogP contribution in [-0.4, -0.2) is 11.8 Å². The second kappa shape index (κ2) is 9.11. The molecular weight excluding hydrogens is 264 g/mol. The minimum atomic E-state index is -0.463. The molecule has 0 N–H and O–H groups in total. The predicted octanol–water partition coefficient (Wildman–Crippen LogP) is 3.93. The van der Waals surface area contributed by atoms with E-state index in [0.29, 0.717) is 0 Å². The molecule has 0 aliphatic rings. The van der Waals surface area contributed by atoms with Crippen molar-refractivity contribution >= 4 is 11.8 Å². The van der Waals surface area contributed by atoms with Crippen LogP contribution in [0, 0.1) is 11.8 Å². The van der Waals surface area contributed by atoms with Gasteiger partial charge in [-0.25, -0.2) is 0 Å². The van der Waals surface area contributed by atoms with Crippen LogP contribution in [0.5, 0.6) is 0 Å². The molecule has 0 aliphatic heterocycles. The van der Waals surface area contributed by atoms with Gasteiger partial charge in [0.1, 0.15) is 18.8 Å². The van der Waals surface area contributed by atoms with E-state index in [0.717, 1.165) is 18.4 Å². The van der Waals surface area contributed by atoms with E-state index >= 15 is 0 Å². The van der Waals surface area contributed by atoms with Gasteiger partial charge in [0.05, 0.1) is 0 Å². The third kappa shape index (κ3) is 5.94. The molecule has 0 heterocycles. The van der Waals surface area contributed by atoms with Crippen molar-refractivity contribution in [1.82, 2.24) is 0 Å². The first-order valence-electron chi connectivity index (χ1n) is 7.43. The lowest BCUT2D eigenvalue weighted by Gasteiger charge is -2.18. The molecule has 0 amide bonds. The zero-order chi connectivity index (χ0) is 15.7. The van der Waals surface area contributed by atoms with E-state index < -0.39 is 5.97 Å². The summed E-state index contributed by atoms with van der Waals surface area (Å²) in [6, 6.07) is 9.44. The largest absolute Gasteiger partial charge is 0.460 e. The number of carbonyl (C=O) groups is 2. The maximum absolute atomic E-state index is 12.1. The molecule has 0 bridgehead atoms. The summed E-state index contributed by atoms with van der Waals surface area (Å²) < 4.78 is 5.14. The molecule has 2 atom stereocenters. The maximum Gasteiger partial charge on any atom is 0.313 e. The van der Waals surface area contributed by atoms with Crippen LogP contribution in [0.25, 0.3) is 0 Å². The Bertz CT molecular complexity index is 465. The Balaban J connectivity index is 2.42.